The lowest BCUT2D eigenvalue weighted by molar-refractivity contribution is -0.140. The van der Waals surface area contributed by atoms with Gasteiger partial charge in [0.2, 0.25) is 0 Å². The maximum atomic E-state index is 12.1. The Kier molecular flexibility index (Phi) is 3.56. The number of methoxy groups -OCH3 is 1. The van der Waals surface area contributed by atoms with E-state index in [0.29, 0.717) is 0 Å². The van der Waals surface area contributed by atoms with Crippen LogP contribution in [0.4, 0.5) is 0 Å². The number of hydrogen-bond donors (Lipinski definition) is 0. The second-order valence-electron chi connectivity index (χ2n) is 3.93. The molecule has 0 aliphatic carbocycles. The van der Waals surface area contributed by atoms with Gasteiger partial charge in [0.25, 0.3) is 0 Å². The quantitative estimate of drug-likeness (QED) is 0.633. The first-order valence-electron chi connectivity index (χ1n) is 5.42. The number of alkyl halides is 1. The molecule has 6 heteroatoms. The van der Waals surface area contributed by atoms with E-state index in [4.69, 9.17) is 0 Å². The predicted molar refractivity (Wildman–Crippen MR) is 71.9 cm³/mol. The van der Waals surface area contributed by atoms with Crippen LogP contribution in [0.15, 0.2) is 29.1 Å². The molecule has 1 atom stereocenters. The molecule has 0 amide bonds. The van der Waals surface area contributed by atoms with Gasteiger partial charge >= 0.3 is 11.7 Å². The number of para-hydroxylation sites is 2. The number of ether oxygens (including phenoxy) is 1. The lowest BCUT2D eigenvalue weighted by Gasteiger charge is -2.08. The zero-order chi connectivity index (χ0) is 13.3. The zero-order valence-electron chi connectivity index (χ0n) is 10.1. The van der Waals surface area contributed by atoms with Crippen LogP contribution >= 0.6 is 15.9 Å². The summed E-state index contributed by atoms with van der Waals surface area (Å²) in [6.45, 7) is 0.243. The van der Waals surface area contributed by atoms with E-state index in [1.165, 1.54) is 7.11 Å². The van der Waals surface area contributed by atoms with Crippen molar-refractivity contribution in [3.8, 4) is 0 Å². The molecule has 1 heterocycles. The van der Waals surface area contributed by atoms with E-state index in [1.54, 1.807) is 16.2 Å². The lowest BCUT2D eigenvalue weighted by atomic mass is 10.3. The highest BCUT2D eigenvalue weighted by molar-refractivity contribution is 9.10. The Labute approximate surface area is 112 Å². The normalized spacial score (nSPS) is 12.6. The molecule has 0 bridgehead atoms. The van der Waals surface area contributed by atoms with Crippen molar-refractivity contribution in [3.05, 3.63) is 34.7 Å². The number of hydrogen-bond acceptors (Lipinski definition) is 3. The van der Waals surface area contributed by atoms with Crippen molar-refractivity contribution in [2.45, 2.75) is 11.4 Å². The van der Waals surface area contributed by atoms with Crippen LogP contribution in [0.25, 0.3) is 11.0 Å². The highest BCUT2D eigenvalue weighted by Gasteiger charge is 2.19. The molecule has 1 unspecified atom stereocenters. The van der Waals surface area contributed by atoms with Crippen LogP contribution in [0, 0.1) is 0 Å². The molecule has 0 fully saturated rings. The second kappa shape index (κ2) is 4.97. The van der Waals surface area contributed by atoms with Crippen LogP contribution in [0.3, 0.4) is 0 Å². The van der Waals surface area contributed by atoms with E-state index >= 15 is 0 Å². The fraction of sp³-hybridized carbons (Fsp3) is 0.333. The van der Waals surface area contributed by atoms with E-state index in [-0.39, 0.29) is 12.2 Å². The number of aryl methyl sites for hydroxylation is 1. The molecule has 1 aromatic carbocycles. The molecule has 2 aromatic rings. The summed E-state index contributed by atoms with van der Waals surface area (Å²) >= 11 is 3.23. The van der Waals surface area contributed by atoms with Gasteiger partial charge in [-0.3, -0.25) is 13.9 Å². The van der Waals surface area contributed by atoms with Gasteiger partial charge in [0.1, 0.15) is 4.83 Å². The number of halogens is 1. The largest absolute Gasteiger partial charge is 0.468 e. The highest BCUT2D eigenvalue weighted by atomic mass is 79.9. The van der Waals surface area contributed by atoms with Crippen LogP contribution in [-0.2, 0) is 23.1 Å². The van der Waals surface area contributed by atoms with Gasteiger partial charge in [-0.2, -0.15) is 0 Å². The van der Waals surface area contributed by atoms with Gasteiger partial charge in [-0.25, -0.2) is 4.79 Å². The molecule has 96 valence electrons. The Balaban J connectivity index is 2.48. The molecule has 0 spiro atoms. The fourth-order valence-electron chi connectivity index (χ4n) is 1.90. The minimum Gasteiger partial charge on any atom is -0.468 e. The van der Waals surface area contributed by atoms with Gasteiger partial charge in [0.05, 0.1) is 24.7 Å². The van der Waals surface area contributed by atoms with Crippen molar-refractivity contribution in [3.63, 3.8) is 0 Å². The van der Waals surface area contributed by atoms with Crippen molar-refractivity contribution in [1.82, 2.24) is 9.13 Å². The van der Waals surface area contributed by atoms with Gasteiger partial charge < -0.3 is 4.74 Å². The molecule has 0 N–H and O–H groups in total. The summed E-state index contributed by atoms with van der Waals surface area (Å²) in [6.07, 6.45) is 0. The first kappa shape index (κ1) is 12.9. The molecule has 0 saturated carbocycles. The van der Waals surface area contributed by atoms with E-state index < -0.39 is 10.8 Å². The lowest BCUT2D eigenvalue weighted by Crippen LogP contribution is -2.29. The molecular weight excluding hydrogens is 300 g/mol. The van der Waals surface area contributed by atoms with Crippen LogP contribution in [0.5, 0.6) is 0 Å². The van der Waals surface area contributed by atoms with Gasteiger partial charge in [0, 0.05) is 7.05 Å². The molecule has 5 nitrogen and oxygen atoms in total. The number of rotatable bonds is 3. The summed E-state index contributed by atoms with van der Waals surface area (Å²) in [5.41, 5.74) is 1.50. The summed E-state index contributed by atoms with van der Waals surface area (Å²) in [5.74, 6) is -0.394. The van der Waals surface area contributed by atoms with E-state index in [0.717, 1.165) is 11.0 Å². The number of fused-ring (bicyclic) bond motifs is 1. The van der Waals surface area contributed by atoms with Crippen LogP contribution < -0.4 is 5.69 Å². The third-order valence-corrected chi connectivity index (χ3v) is 3.51. The van der Waals surface area contributed by atoms with Crippen LogP contribution in [0.1, 0.15) is 0 Å². The molecule has 0 aliphatic heterocycles. The van der Waals surface area contributed by atoms with E-state index in [1.807, 2.05) is 24.3 Å². The molecule has 0 saturated heterocycles. The Morgan fingerprint density at radius 3 is 2.61 bits per heavy atom. The first-order valence-corrected chi connectivity index (χ1v) is 6.34. The molecule has 0 aliphatic rings. The van der Waals surface area contributed by atoms with E-state index in [2.05, 4.69) is 20.7 Å². The Morgan fingerprint density at radius 2 is 2.00 bits per heavy atom. The smallest absolute Gasteiger partial charge is 0.328 e. The van der Waals surface area contributed by atoms with Gasteiger partial charge in [-0.15, -0.1) is 0 Å². The Morgan fingerprint density at radius 1 is 1.39 bits per heavy atom. The number of nitrogens with zero attached hydrogens (tertiary/aromatic N) is 2. The maximum Gasteiger partial charge on any atom is 0.328 e. The summed E-state index contributed by atoms with van der Waals surface area (Å²) in [6, 6.07) is 7.46. The van der Waals surface area contributed by atoms with Crippen LogP contribution in [0.2, 0.25) is 0 Å². The number of esters is 1. The molecule has 0 radical (unpaired) electrons. The molecule has 1 aromatic heterocycles. The third-order valence-electron chi connectivity index (χ3n) is 2.85. The zero-order valence-corrected chi connectivity index (χ0v) is 11.7. The second-order valence-corrected chi connectivity index (χ2v) is 5.04. The molecule has 18 heavy (non-hydrogen) atoms. The Hall–Kier alpha value is -1.56. The average Bonchev–Trinajstić information content (AvgIpc) is 2.63. The number of imidazole rings is 1. The van der Waals surface area contributed by atoms with Crippen molar-refractivity contribution < 1.29 is 9.53 Å². The highest BCUT2D eigenvalue weighted by Crippen LogP contribution is 2.14. The van der Waals surface area contributed by atoms with Crippen molar-refractivity contribution in [1.29, 1.82) is 0 Å². The predicted octanol–water partition coefficient (Wildman–Crippen LogP) is 1.28. The van der Waals surface area contributed by atoms with Gasteiger partial charge in [-0.05, 0) is 12.1 Å². The fourth-order valence-corrected chi connectivity index (χ4v) is 2.38. The maximum absolute atomic E-state index is 12.1. The van der Waals surface area contributed by atoms with Crippen molar-refractivity contribution >= 4 is 32.9 Å². The summed E-state index contributed by atoms with van der Waals surface area (Å²) in [7, 11) is 3.03. The monoisotopic (exact) mass is 312 g/mol. The summed E-state index contributed by atoms with van der Waals surface area (Å²) in [4.78, 5) is 22.9. The summed E-state index contributed by atoms with van der Waals surface area (Å²) < 4.78 is 7.76. The Bertz CT molecular complexity index is 644. The number of aromatic nitrogens is 2. The minimum atomic E-state index is -0.536. The van der Waals surface area contributed by atoms with Crippen LogP contribution in [-0.4, -0.2) is 27.0 Å². The topological polar surface area (TPSA) is 53.2 Å². The van der Waals surface area contributed by atoms with E-state index in [9.17, 15) is 9.59 Å². The minimum absolute atomic E-state index is 0.149. The first-order chi connectivity index (χ1) is 8.56. The standard InChI is InChI=1S/C12H13BrN2O3/c1-14-9-5-3-4-6-10(9)15(12(14)17)7-8(13)11(16)18-2/h3-6,8H,7H2,1-2H3. The average molecular weight is 313 g/mol. The molecular formula is C12H13BrN2O3. The van der Waals surface area contributed by atoms with Gasteiger partial charge in [-0.1, -0.05) is 28.1 Å². The summed E-state index contributed by atoms with van der Waals surface area (Å²) in [5, 5.41) is 0. The third kappa shape index (κ3) is 2.08. The molecule has 2 rings (SSSR count). The van der Waals surface area contributed by atoms with Crippen molar-refractivity contribution in [2.75, 3.05) is 7.11 Å². The SMILES string of the molecule is COC(=O)C(Br)Cn1c(=O)n(C)c2ccccc21. The number of benzene rings is 1. The van der Waals surface area contributed by atoms with Crippen molar-refractivity contribution in [2.24, 2.45) is 7.05 Å². The van der Waals surface area contributed by atoms with Gasteiger partial charge in [0.15, 0.2) is 0 Å². The number of carbonyl (C=O) groups is 1. The number of carbonyl (C=O) groups excluding carboxylic acids is 1.